The van der Waals surface area contributed by atoms with Gasteiger partial charge in [0.25, 0.3) is 0 Å². The Morgan fingerprint density at radius 2 is 2.05 bits per heavy atom. The Labute approximate surface area is 112 Å². The molecule has 1 atom stereocenters. The molecule has 1 heterocycles. The molecule has 1 fully saturated rings. The van der Waals surface area contributed by atoms with Crippen molar-refractivity contribution in [3.05, 3.63) is 0 Å². The van der Waals surface area contributed by atoms with Crippen LogP contribution < -0.4 is 10.6 Å². The fourth-order valence-electron chi connectivity index (χ4n) is 2.13. The van der Waals surface area contributed by atoms with Gasteiger partial charge >= 0.3 is 12.0 Å². The van der Waals surface area contributed by atoms with Crippen LogP contribution in [0.4, 0.5) is 4.79 Å². The molecule has 108 valence electrons. The van der Waals surface area contributed by atoms with Crippen molar-refractivity contribution in [3.63, 3.8) is 0 Å². The van der Waals surface area contributed by atoms with E-state index in [1.807, 2.05) is 7.05 Å². The van der Waals surface area contributed by atoms with Crippen LogP contribution in [0.3, 0.4) is 0 Å². The smallest absolute Gasteiger partial charge is 0.321 e. The Morgan fingerprint density at radius 3 is 2.68 bits per heavy atom. The molecule has 1 unspecified atom stereocenters. The highest BCUT2D eigenvalue weighted by atomic mass is 16.4. The molecular weight excluding hydrogens is 250 g/mol. The molecule has 0 aromatic heterocycles. The third-order valence-electron chi connectivity index (χ3n) is 3.09. The molecule has 1 rings (SSSR count). The minimum Gasteiger partial charge on any atom is -0.481 e. The minimum atomic E-state index is -1.05. The van der Waals surface area contributed by atoms with Crippen LogP contribution in [0.5, 0.6) is 0 Å². The SMILES string of the molecule is CN1CCCC(CNC(=O)NC(=O)CCC(=O)O)C1. The summed E-state index contributed by atoms with van der Waals surface area (Å²) in [7, 11) is 2.04. The van der Waals surface area contributed by atoms with Gasteiger partial charge in [0.2, 0.25) is 5.91 Å². The molecule has 1 aliphatic rings. The molecule has 0 spiro atoms. The summed E-state index contributed by atoms with van der Waals surface area (Å²) in [5.74, 6) is -1.22. The first-order valence-electron chi connectivity index (χ1n) is 6.45. The second-order valence-electron chi connectivity index (χ2n) is 4.92. The number of rotatable bonds is 5. The van der Waals surface area contributed by atoms with Crippen LogP contribution >= 0.6 is 0 Å². The van der Waals surface area contributed by atoms with Gasteiger partial charge in [0.05, 0.1) is 6.42 Å². The molecule has 0 aromatic carbocycles. The lowest BCUT2D eigenvalue weighted by atomic mass is 9.99. The zero-order valence-electron chi connectivity index (χ0n) is 11.1. The van der Waals surface area contributed by atoms with Crippen molar-refractivity contribution in [1.82, 2.24) is 15.5 Å². The van der Waals surface area contributed by atoms with E-state index >= 15 is 0 Å². The van der Waals surface area contributed by atoms with Crippen LogP contribution in [0.2, 0.25) is 0 Å². The molecule has 7 nitrogen and oxygen atoms in total. The van der Waals surface area contributed by atoms with Gasteiger partial charge in [0.1, 0.15) is 0 Å². The summed E-state index contributed by atoms with van der Waals surface area (Å²) >= 11 is 0. The number of likely N-dealkylation sites (tertiary alicyclic amines) is 1. The summed E-state index contributed by atoms with van der Waals surface area (Å²) in [5, 5.41) is 13.2. The summed E-state index contributed by atoms with van der Waals surface area (Å²) in [5.41, 5.74) is 0. The average molecular weight is 271 g/mol. The van der Waals surface area contributed by atoms with Gasteiger partial charge in [-0.15, -0.1) is 0 Å². The van der Waals surface area contributed by atoms with Gasteiger partial charge in [0, 0.05) is 19.5 Å². The standard InChI is InChI=1S/C12H21N3O4/c1-15-6-2-3-9(8-15)7-13-12(19)14-10(16)4-5-11(17)18/h9H,2-8H2,1H3,(H,17,18)(H2,13,14,16,19). The van der Waals surface area contributed by atoms with Gasteiger partial charge < -0.3 is 15.3 Å². The number of aliphatic carboxylic acids is 1. The van der Waals surface area contributed by atoms with Crippen molar-refractivity contribution in [2.45, 2.75) is 25.7 Å². The summed E-state index contributed by atoms with van der Waals surface area (Å²) in [6, 6.07) is -0.552. The van der Waals surface area contributed by atoms with Crippen molar-refractivity contribution in [2.75, 3.05) is 26.7 Å². The second-order valence-corrected chi connectivity index (χ2v) is 4.92. The Hall–Kier alpha value is -1.63. The molecule has 3 amide bonds. The van der Waals surface area contributed by atoms with Crippen molar-refractivity contribution < 1.29 is 19.5 Å². The zero-order chi connectivity index (χ0) is 14.3. The van der Waals surface area contributed by atoms with Crippen molar-refractivity contribution in [2.24, 2.45) is 5.92 Å². The highest BCUT2D eigenvalue weighted by molar-refractivity contribution is 5.95. The maximum atomic E-state index is 11.4. The van der Waals surface area contributed by atoms with Crippen LogP contribution in [0.25, 0.3) is 0 Å². The first-order chi connectivity index (χ1) is 8.97. The third-order valence-corrected chi connectivity index (χ3v) is 3.09. The number of carboxylic acid groups (broad SMARTS) is 1. The number of imide groups is 1. The van der Waals surface area contributed by atoms with Crippen LogP contribution in [-0.2, 0) is 9.59 Å². The van der Waals surface area contributed by atoms with Crippen molar-refractivity contribution in [1.29, 1.82) is 0 Å². The van der Waals surface area contributed by atoms with E-state index in [2.05, 4.69) is 15.5 Å². The maximum Gasteiger partial charge on any atom is 0.321 e. The highest BCUT2D eigenvalue weighted by Gasteiger charge is 2.18. The molecule has 1 aliphatic heterocycles. The Morgan fingerprint density at radius 1 is 1.32 bits per heavy atom. The maximum absolute atomic E-state index is 11.4. The Bertz CT molecular complexity index is 346. The molecule has 0 aliphatic carbocycles. The molecule has 0 saturated carbocycles. The largest absolute Gasteiger partial charge is 0.481 e. The Kier molecular flexibility index (Phi) is 6.27. The number of amides is 3. The highest BCUT2D eigenvalue weighted by Crippen LogP contribution is 2.13. The van der Waals surface area contributed by atoms with Crippen LogP contribution in [-0.4, -0.2) is 54.6 Å². The van der Waals surface area contributed by atoms with E-state index in [-0.39, 0.29) is 12.8 Å². The van der Waals surface area contributed by atoms with E-state index < -0.39 is 17.9 Å². The second kappa shape index (κ2) is 7.73. The molecule has 0 radical (unpaired) electrons. The monoisotopic (exact) mass is 271 g/mol. The van der Waals surface area contributed by atoms with E-state index in [4.69, 9.17) is 5.11 Å². The van der Waals surface area contributed by atoms with E-state index in [1.165, 1.54) is 0 Å². The number of hydrogen-bond acceptors (Lipinski definition) is 4. The molecule has 1 saturated heterocycles. The molecule has 0 aromatic rings. The normalized spacial score (nSPS) is 19.7. The van der Waals surface area contributed by atoms with Gasteiger partial charge in [-0.2, -0.15) is 0 Å². The van der Waals surface area contributed by atoms with Gasteiger partial charge in [-0.3, -0.25) is 14.9 Å². The van der Waals surface area contributed by atoms with E-state index in [9.17, 15) is 14.4 Å². The van der Waals surface area contributed by atoms with E-state index in [0.29, 0.717) is 12.5 Å². The average Bonchev–Trinajstić information content (AvgIpc) is 2.34. The molecule has 0 bridgehead atoms. The molecule has 3 N–H and O–H groups in total. The van der Waals surface area contributed by atoms with Crippen LogP contribution in [0.15, 0.2) is 0 Å². The molecule has 19 heavy (non-hydrogen) atoms. The lowest BCUT2D eigenvalue weighted by molar-refractivity contribution is -0.138. The van der Waals surface area contributed by atoms with Gasteiger partial charge in [-0.25, -0.2) is 4.79 Å². The lowest BCUT2D eigenvalue weighted by Crippen LogP contribution is -2.44. The number of nitrogens with one attached hydrogen (secondary N) is 2. The molecule has 7 heteroatoms. The number of carbonyl (C=O) groups excluding carboxylic acids is 2. The number of carbonyl (C=O) groups is 3. The summed E-state index contributed by atoms with van der Waals surface area (Å²) < 4.78 is 0. The number of carboxylic acids is 1. The minimum absolute atomic E-state index is 0.186. The van der Waals surface area contributed by atoms with Crippen LogP contribution in [0, 0.1) is 5.92 Å². The Balaban J connectivity index is 2.16. The fourth-order valence-corrected chi connectivity index (χ4v) is 2.13. The number of piperidine rings is 1. The van der Waals surface area contributed by atoms with Crippen molar-refractivity contribution in [3.8, 4) is 0 Å². The van der Waals surface area contributed by atoms with Crippen LogP contribution in [0.1, 0.15) is 25.7 Å². The molecular formula is C12H21N3O4. The van der Waals surface area contributed by atoms with E-state index in [0.717, 1.165) is 25.9 Å². The zero-order valence-corrected chi connectivity index (χ0v) is 11.1. The summed E-state index contributed by atoms with van der Waals surface area (Å²) in [6.45, 7) is 2.55. The fraction of sp³-hybridized carbons (Fsp3) is 0.750. The predicted molar refractivity (Wildman–Crippen MR) is 68.6 cm³/mol. The number of hydrogen-bond donors (Lipinski definition) is 3. The topological polar surface area (TPSA) is 98.7 Å². The number of urea groups is 1. The first kappa shape index (κ1) is 15.4. The van der Waals surface area contributed by atoms with Crippen molar-refractivity contribution >= 4 is 17.9 Å². The number of nitrogens with zero attached hydrogens (tertiary/aromatic N) is 1. The first-order valence-corrected chi connectivity index (χ1v) is 6.45. The summed E-state index contributed by atoms with van der Waals surface area (Å²) in [6.07, 6.45) is 1.72. The third kappa shape index (κ3) is 6.76. The quantitative estimate of drug-likeness (QED) is 0.654. The van der Waals surface area contributed by atoms with Gasteiger partial charge in [-0.1, -0.05) is 0 Å². The van der Waals surface area contributed by atoms with E-state index in [1.54, 1.807) is 0 Å². The lowest BCUT2D eigenvalue weighted by Gasteiger charge is -2.29. The van der Waals surface area contributed by atoms with Gasteiger partial charge in [-0.05, 0) is 32.4 Å². The predicted octanol–water partition coefficient (Wildman–Crippen LogP) is 0.0188. The van der Waals surface area contributed by atoms with Gasteiger partial charge in [0.15, 0.2) is 0 Å². The summed E-state index contributed by atoms with van der Waals surface area (Å²) in [4.78, 5) is 35.1.